The van der Waals surface area contributed by atoms with Gasteiger partial charge in [0, 0.05) is 19.2 Å². The Balaban J connectivity index is 1.49. The van der Waals surface area contributed by atoms with E-state index in [9.17, 15) is 5.11 Å². The van der Waals surface area contributed by atoms with Crippen LogP contribution >= 0.6 is 0 Å². The fourth-order valence-electron chi connectivity index (χ4n) is 2.14. The van der Waals surface area contributed by atoms with E-state index in [1.807, 2.05) is 0 Å². The van der Waals surface area contributed by atoms with Crippen molar-refractivity contribution in [2.45, 2.75) is 51.2 Å². The number of aliphatic hydroxyl groups excluding tert-OH is 1. The molecule has 3 heteroatoms. The summed E-state index contributed by atoms with van der Waals surface area (Å²) in [6.07, 6.45) is 6.17. The van der Waals surface area contributed by atoms with Gasteiger partial charge in [-0.1, -0.05) is 6.92 Å². The number of rotatable bonds is 9. The van der Waals surface area contributed by atoms with Crippen molar-refractivity contribution in [3.63, 3.8) is 0 Å². The molecule has 2 atom stereocenters. The quantitative estimate of drug-likeness (QED) is 0.628. The summed E-state index contributed by atoms with van der Waals surface area (Å²) in [5.74, 6) is 1.65. The van der Waals surface area contributed by atoms with Gasteiger partial charge in [0.2, 0.25) is 0 Å². The van der Waals surface area contributed by atoms with E-state index in [0.717, 1.165) is 18.4 Å². The van der Waals surface area contributed by atoms with Crippen LogP contribution in [0.4, 0.5) is 0 Å². The molecule has 2 rings (SSSR count). The first-order chi connectivity index (χ1) is 7.79. The van der Waals surface area contributed by atoms with Crippen molar-refractivity contribution in [3.8, 4) is 0 Å². The van der Waals surface area contributed by atoms with E-state index < -0.39 is 0 Å². The minimum absolute atomic E-state index is 0.341. The molecule has 2 unspecified atom stereocenters. The van der Waals surface area contributed by atoms with E-state index in [1.54, 1.807) is 0 Å². The lowest BCUT2D eigenvalue weighted by Crippen LogP contribution is -2.38. The summed E-state index contributed by atoms with van der Waals surface area (Å²) in [5.41, 5.74) is 0. The lowest BCUT2D eigenvalue weighted by molar-refractivity contribution is 0.0308. The number of ether oxygens (including phenoxy) is 1. The van der Waals surface area contributed by atoms with Crippen LogP contribution in [-0.4, -0.2) is 37.0 Å². The maximum Gasteiger partial charge on any atom is 0.0897 e. The predicted molar refractivity (Wildman–Crippen MR) is 64.4 cm³/mol. The van der Waals surface area contributed by atoms with Crippen LogP contribution in [0, 0.1) is 11.8 Å². The lowest BCUT2D eigenvalue weighted by Gasteiger charge is -2.19. The Bertz CT molecular complexity index is 202. The highest BCUT2D eigenvalue weighted by molar-refractivity contribution is 4.85. The molecule has 0 radical (unpaired) electrons. The van der Waals surface area contributed by atoms with Crippen LogP contribution in [-0.2, 0) is 4.74 Å². The minimum Gasteiger partial charge on any atom is -0.389 e. The summed E-state index contributed by atoms with van der Waals surface area (Å²) < 4.78 is 5.47. The summed E-state index contributed by atoms with van der Waals surface area (Å²) in [6, 6.07) is 0.609. The Labute approximate surface area is 98.6 Å². The molecule has 0 bridgehead atoms. The van der Waals surface area contributed by atoms with Crippen LogP contribution in [0.1, 0.15) is 39.0 Å². The largest absolute Gasteiger partial charge is 0.389 e. The van der Waals surface area contributed by atoms with E-state index in [-0.39, 0.29) is 6.10 Å². The van der Waals surface area contributed by atoms with Crippen LogP contribution in [0.5, 0.6) is 0 Å². The van der Waals surface area contributed by atoms with Gasteiger partial charge in [0.05, 0.1) is 12.7 Å². The molecule has 0 heterocycles. The van der Waals surface area contributed by atoms with Crippen LogP contribution in [0.15, 0.2) is 0 Å². The molecule has 0 amide bonds. The average molecular weight is 227 g/mol. The van der Waals surface area contributed by atoms with Gasteiger partial charge in [0.25, 0.3) is 0 Å². The van der Waals surface area contributed by atoms with Crippen LogP contribution in [0.2, 0.25) is 0 Å². The molecule has 2 aliphatic carbocycles. The van der Waals surface area contributed by atoms with Crippen molar-refractivity contribution in [1.29, 1.82) is 0 Å². The molecule has 0 aromatic carbocycles. The smallest absolute Gasteiger partial charge is 0.0897 e. The first-order valence-corrected chi connectivity index (χ1v) is 6.78. The Kier molecular flexibility index (Phi) is 4.62. The molecule has 2 fully saturated rings. The van der Waals surface area contributed by atoms with Crippen molar-refractivity contribution in [1.82, 2.24) is 5.32 Å². The zero-order chi connectivity index (χ0) is 11.4. The number of aliphatic hydroxyl groups is 1. The minimum atomic E-state index is -0.341. The average Bonchev–Trinajstić information content (AvgIpc) is 3.13. The van der Waals surface area contributed by atoms with Gasteiger partial charge in [-0.05, 0) is 43.9 Å². The molecular weight excluding hydrogens is 202 g/mol. The third-order valence-electron chi connectivity index (χ3n) is 3.61. The first kappa shape index (κ1) is 12.3. The van der Waals surface area contributed by atoms with Gasteiger partial charge in [-0.3, -0.25) is 0 Å². The molecule has 0 saturated heterocycles. The second kappa shape index (κ2) is 5.99. The van der Waals surface area contributed by atoms with E-state index >= 15 is 0 Å². The molecule has 0 aromatic rings. The van der Waals surface area contributed by atoms with Gasteiger partial charge in [0.15, 0.2) is 0 Å². The first-order valence-electron chi connectivity index (χ1n) is 6.78. The highest BCUT2D eigenvalue weighted by atomic mass is 16.5. The molecule has 94 valence electrons. The maximum atomic E-state index is 9.74. The fourth-order valence-corrected chi connectivity index (χ4v) is 2.14. The molecule has 16 heavy (non-hydrogen) atoms. The van der Waals surface area contributed by atoms with Crippen LogP contribution in [0.25, 0.3) is 0 Å². The monoisotopic (exact) mass is 227 g/mol. The summed E-state index contributed by atoms with van der Waals surface area (Å²) in [7, 11) is 0. The lowest BCUT2D eigenvalue weighted by atomic mass is 10.1. The van der Waals surface area contributed by atoms with Gasteiger partial charge < -0.3 is 15.2 Å². The van der Waals surface area contributed by atoms with Crippen molar-refractivity contribution in [3.05, 3.63) is 0 Å². The van der Waals surface area contributed by atoms with E-state index in [2.05, 4.69) is 12.2 Å². The Hall–Kier alpha value is -0.120. The molecule has 2 saturated carbocycles. The van der Waals surface area contributed by atoms with Crippen molar-refractivity contribution in [2.75, 3.05) is 19.8 Å². The predicted octanol–water partition coefficient (Wildman–Crippen LogP) is 1.55. The number of hydrogen-bond donors (Lipinski definition) is 2. The zero-order valence-corrected chi connectivity index (χ0v) is 10.3. The van der Waals surface area contributed by atoms with Crippen LogP contribution in [0.3, 0.4) is 0 Å². The molecule has 2 N–H and O–H groups in total. The summed E-state index contributed by atoms with van der Waals surface area (Å²) in [5, 5.41) is 13.2. The van der Waals surface area contributed by atoms with Gasteiger partial charge in [-0.2, -0.15) is 0 Å². The van der Waals surface area contributed by atoms with Crippen LogP contribution < -0.4 is 5.32 Å². The molecule has 0 spiro atoms. The fraction of sp³-hybridized carbons (Fsp3) is 1.00. The van der Waals surface area contributed by atoms with E-state index in [4.69, 9.17) is 4.74 Å². The normalized spacial score (nSPS) is 24.4. The maximum absolute atomic E-state index is 9.74. The Morgan fingerprint density at radius 3 is 2.62 bits per heavy atom. The highest BCUT2D eigenvalue weighted by Crippen LogP contribution is 2.33. The summed E-state index contributed by atoms with van der Waals surface area (Å²) >= 11 is 0. The summed E-state index contributed by atoms with van der Waals surface area (Å²) in [6.45, 7) is 4.23. The molecule has 3 nitrogen and oxygen atoms in total. The number of hydrogen-bond acceptors (Lipinski definition) is 3. The van der Waals surface area contributed by atoms with Crippen molar-refractivity contribution >= 4 is 0 Å². The van der Waals surface area contributed by atoms with E-state index in [0.29, 0.717) is 19.2 Å². The topological polar surface area (TPSA) is 41.5 Å². The van der Waals surface area contributed by atoms with Gasteiger partial charge >= 0.3 is 0 Å². The highest BCUT2D eigenvalue weighted by Gasteiger charge is 2.29. The Morgan fingerprint density at radius 1 is 1.31 bits per heavy atom. The molecule has 0 aromatic heterocycles. The van der Waals surface area contributed by atoms with Gasteiger partial charge in [0.1, 0.15) is 0 Å². The molecular formula is C13H25NO2. The second-order valence-electron chi connectivity index (χ2n) is 5.40. The van der Waals surface area contributed by atoms with Crippen molar-refractivity contribution in [2.24, 2.45) is 11.8 Å². The third kappa shape index (κ3) is 4.40. The standard InChI is InChI=1S/C13H25NO2/c1-2-13(11-5-6-11)14-7-12(15)9-16-8-10-3-4-10/h10-15H,2-9H2,1H3. The molecule has 2 aliphatic rings. The SMILES string of the molecule is CCC(NCC(O)COCC1CC1)C1CC1. The van der Waals surface area contributed by atoms with Gasteiger partial charge in [-0.15, -0.1) is 0 Å². The second-order valence-corrected chi connectivity index (χ2v) is 5.40. The molecule has 0 aliphatic heterocycles. The van der Waals surface area contributed by atoms with E-state index in [1.165, 1.54) is 32.1 Å². The number of nitrogens with one attached hydrogen (secondary N) is 1. The Morgan fingerprint density at radius 2 is 2.06 bits per heavy atom. The summed E-state index contributed by atoms with van der Waals surface area (Å²) in [4.78, 5) is 0. The zero-order valence-electron chi connectivity index (χ0n) is 10.3. The van der Waals surface area contributed by atoms with Gasteiger partial charge in [-0.25, -0.2) is 0 Å². The third-order valence-corrected chi connectivity index (χ3v) is 3.61. The van der Waals surface area contributed by atoms with Crippen molar-refractivity contribution < 1.29 is 9.84 Å².